The molecule has 0 spiro atoms. The summed E-state index contributed by atoms with van der Waals surface area (Å²) in [5, 5.41) is 9.17. The van der Waals surface area contributed by atoms with E-state index in [0.717, 1.165) is 6.42 Å². The van der Waals surface area contributed by atoms with Crippen molar-refractivity contribution in [2.24, 2.45) is 0 Å². The monoisotopic (exact) mass is 300 g/mol. The molecule has 1 amide bonds. The summed E-state index contributed by atoms with van der Waals surface area (Å²) in [5.74, 6) is -0.839. The van der Waals surface area contributed by atoms with Gasteiger partial charge in [0.05, 0.1) is 12.0 Å². The Labute approximate surface area is 127 Å². The van der Waals surface area contributed by atoms with Crippen LogP contribution in [0.25, 0.3) is 0 Å². The quantitative estimate of drug-likeness (QED) is 0.842. The number of carbonyl (C=O) groups is 2. The molecule has 0 aliphatic carbocycles. The first-order valence-electron chi connectivity index (χ1n) is 7.43. The number of hydrogen-bond donors (Lipinski definition) is 1. The highest BCUT2D eigenvalue weighted by atomic mass is 16.6. The van der Waals surface area contributed by atoms with Crippen molar-refractivity contribution in [2.75, 3.05) is 20.1 Å². The average molecular weight is 300 g/mol. The van der Waals surface area contributed by atoms with Gasteiger partial charge in [-0.1, -0.05) is 6.92 Å². The minimum Gasteiger partial charge on any atom is -0.481 e. The van der Waals surface area contributed by atoms with Crippen LogP contribution < -0.4 is 0 Å². The van der Waals surface area contributed by atoms with Gasteiger partial charge in [-0.15, -0.1) is 0 Å². The second kappa shape index (κ2) is 6.22. The van der Waals surface area contributed by atoms with Gasteiger partial charge in [-0.2, -0.15) is 0 Å². The zero-order valence-electron chi connectivity index (χ0n) is 14.0. The lowest BCUT2D eigenvalue weighted by atomic mass is 9.83. The van der Waals surface area contributed by atoms with E-state index in [4.69, 9.17) is 9.84 Å². The Balaban J connectivity index is 2.74. The number of carbonyl (C=O) groups excluding carboxylic acids is 1. The van der Waals surface area contributed by atoms with Crippen LogP contribution in [0.4, 0.5) is 4.79 Å². The molecular weight excluding hydrogens is 272 g/mol. The van der Waals surface area contributed by atoms with E-state index in [2.05, 4.69) is 18.7 Å². The summed E-state index contributed by atoms with van der Waals surface area (Å²) in [4.78, 5) is 26.8. The maximum Gasteiger partial charge on any atom is 0.410 e. The maximum atomic E-state index is 12.0. The van der Waals surface area contributed by atoms with Crippen molar-refractivity contribution in [1.82, 2.24) is 9.80 Å². The lowest BCUT2D eigenvalue weighted by molar-refractivity contribution is -0.146. The van der Waals surface area contributed by atoms with E-state index in [-0.39, 0.29) is 18.6 Å². The molecule has 1 atom stereocenters. The van der Waals surface area contributed by atoms with Crippen molar-refractivity contribution < 1.29 is 19.4 Å². The Morgan fingerprint density at radius 1 is 1.38 bits per heavy atom. The summed E-state index contributed by atoms with van der Waals surface area (Å²) in [6.45, 7) is 10.4. The normalized spacial score (nSPS) is 19.1. The molecule has 1 unspecified atom stereocenters. The molecule has 1 saturated heterocycles. The standard InChI is InChI=1S/C15H28N2O4/c1-7-11(2)16(6)15(8-12(18)19)9-17(10-15)13(20)21-14(3,4)5/h11H,7-10H2,1-6H3,(H,18,19). The van der Waals surface area contributed by atoms with Crippen LogP contribution in [-0.2, 0) is 9.53 Å². The summed E-state index contributed by atoms with van der Waals surface area (Å²) >= 11 is 0. The largest absolute Gasteiger partial charge is 0.481 e. The molecule has 1 heterocycles. The lowest BCUT2D eigenvalue weighted by Crippen LogP contribution is -2.72. The first kappa shape index (κ1) is 17.8. The van der Waals surface area contributed by atoms with Crippen molar-refractivity contribution in [3.63, 3.8) is 0 Å². The number of carboxylic acids is 1. The van der Waals surface area contributed by atoms with Crippen LogP contribution in [0, 0.1) is 0 Å². The van der Waals surface area contributed by atoms with Crippen molar-refractivity contribution in [3.05, 3.63) is 0 Å². The second-order valence-corrected chi connectivity index (χ2v) is 7.00. The topological polar surface area (TPSA) is 70.1 Å². The van der Waals surface area contributed by atoms with Gasteiger partial charge in [0.2, 0.25) is 0 Å². The molecule has 0 aromatic carbocycles. The molecule has 0 bridgehead atoms. The molecule has 0 saturated carbocycles. The highest BCUT2D eigenvalue weighted by molar-refractivity contribution is 5.73. The highest BCUT2D eigenvalue weighted by Crippen LogP contribution is 2.33. The van der Waals surface area contributed by atoms with E-state index in [0.29, 0.717) is 13.1 Å². The number of likely N-dealkylation sites (N-methyl/N-ethyl adjacent to an activating group) is 1. The Kier molecular flexibility index (Phi) is 5.25. The number of ether oxygens (including phenoxy) is 1. The van der Waals surface area contributed by atoms with Crippen molar-refractivity contribution >= 4 is 12.1 Å². The average Bonchev–Trinajstić information content (AvgIpc) is 2.28. The van der Waals surface area contributed by atoms with Crippen molar-refractivity contribution in [1.29, 1.82) is 0 Å². The van der Waals surface area contributed by atoms with Gasteiger partial charge in [-0.3, -0.25) is 9.69 Å². The van der Waals surface area contributed by atoms with E-state index >= 15 is 0 Å². The van der Waals surface area contributed by atoms with Gasteiger partial charge in [-0.05, 0) is 41.2 Å². The molecule has 1 rings (SSSR count). The molecule has 6 heteroatoms. The SMILES string of the molecule is CCC(C)N(C)C1(CC(=O)O)CN(C(=O)OC(C)(C)C)C1. The summed E-state index contributed by atoms with van der Waals surface area (Å²) in [6, 6.07) is 0.269. The zero-order valence-corrected chi connectivity index (χ0v) is 14.0. The number of aliphatic carboxylic acids is 1. The molecule has 1 N–H and O–H groups in total. The van der Waals surface area contributed by atoms with E-state index in [1.54, 1.807) is 4.90 Å². The summed E-state index contributed by atoms with van der Waals surface area (Å²) in [6.07, 6.45) is 0.596. The molecular formula is C15H28N2O4. The van der Waals surface area contributed by atoms with Gasteiger partial charge in [0.25, 0.3) is 0 Å². The van der Waals surface area contributed by atoms with Crippen LogP contribution in [0.2, 0.25) is 0 Å². The fourth-order valence-electron chi connectivity index (χ4n) is 2.60. The molecule has 1 fully saturated rings. The predicted octanol–water partition coefficient (Wildman–Crippen LogP) is 2.18. The number of carboxylic acid groups (broad SMARTS) is 1. The molecule has 0 aromatic rings. The molecule has 122 valence electrons. The number of likely N-dealkylation sites (tertiary alicyclic amines) is 1. The first-order chi connectivity index (χ1) is 9.50. The Morgan fingerprint density at radius 3 is 2.29 bits per heavy atom. The molecule has 1 aliphatic heterocycles. The predicted molar refractivity (Wildman–Crippen MR) is 80.3 cm³/mol. The third-order valence-corrected chi connectivity index (χ3v) is 4.10. The van der Waals surface area contributed by atoms with E-state index in [9.17, 15) is 9.59 Å². The number of amides is 1. The van der Waals surface area contributed by atoms with Gasteiger partial charge < -0.3 is 14.7 Å². The fourth-order valence-corrected chi connectivity index (χ4v) is 2.60. The third kappa shape index (κ3) is 4.33. The summed E-state index contributed by atoms with van der Waals surface area (Å²) in [7, 11) is 1.93. The van der Waals surface area contributed by atoms with Crippen LogP contribution in [-0.4, -0.2) is 64.3 Å². The number of rotatable bonds is 5. The second-order valence-electron chi connectivity index (χ2n) is 7.00. The van der Waals surface area contributed by atoms with Crippen LogP contribution in [0.1, 0.15) is 47.5 Å². The van der Waals surface area contributed by atoms with E-state index < -0.39 is 17.1 Å². The third-order valence-electron chi connectivity index (χ3n) is 4.10. The van der Waals surface area contributed by atoms with E-state index in [1.165, 1.54) is 0 Å². The molecule has 21 heavy (non-hydrogen) atoms. The van der Waals surface area contributed by atoms with Crippen LogP contribution in [0.15, 0.2) is 0 Å². The fraction of sp³-hybridized carbons (Fsp3) is 0.867. The zero-order chi connectivity index (χ0) is 16.4. The summed E-state index contributed by atoms with van der Waals surface area (Å²) in [5.41, 5.74) is -1.02. The van der Waals surface area contributed by atoms with Crippen molar-refractivity contribution in [3.8, 4) is 0 Å². The van der Waals surface area contributed by atoms with Crippen LogP contribution in [0.5, 0.6) is 0 Å². The molecule has 1 aliphatic rings. The Bertz CT molecular complexity index is 397. The van der Waals surface area contributed by atoms with Gasteiger partial charge >= 0.3 is 12.1 Å². The highest BCUT2D eigenvalue weighted by Gasteiger charge is 2.51. The Hall–Kier alpha value is -1.30. The molecule has 0 radical (unpaired) electrons. The lowest BCUT2D eigenvalue weighted by Gasteiger charge is -2.55. The first-order valence-corrected chi connectivity index (χ1v) is 7.43. The van der Waals surface area contributed by atoms with Gasteiger partial charge in [0, 0.05) is 19.1 Å². The minimum absolute atomic E-state index is 0.0349. The number of hydrogen-bond acceptors (Lipinski definition) is 4. The smallest absolute Gasteiger partial charge is 0.410 e. The van der Waals surface area contributed by atoms with Gasteiger partial charge in [0.15, 0.2) is 0 Å². The van der Waals surface area contributed by atoms with Crippen molar-refractivity contribution in [2.45, 2.75) is 64.6 Å². The molecule has 0 aromatic heterocycles. The Morgan fingerprint density at radius 2 is 1.90 bits per heavy atom. The molecule has 6 nitrogen and oxygen atoms in total. The van der Waals surface area contributed by atoms with Gasteiger partial charge in [-0.25, -0.2) is 4.79 Å². The minimum atomic E-state index is -0.839. The summed E-state index contributed by atoms with van der Waals surface area (Å²) < 4.78 is 5.33. The van der Waals surface area contributed by atoms with Crippen LogP contribution in [0.3, 0.4) is 0 Å². The van der Waals surface area contributed by atoms with Crippen LogP contribution >= 0.6 is 0 Å². The number of nitrogens with zero attached hydrogens (tertiary/aromatic N) is 2. The maximum absolute atomic E-state index is 12.0. The van der Waals surface area contributed by atoms with Gasteiger partial charge in [0.1, 0.15) is 5.60 Å². The van der Waals surface area contributed by atoms with E-state index in [1.807, 2.05) is 27.8 Å².